The lowest BCUT2D eigenvalue weighted by Crippen LogP contribution is -2.12. The molecule has 0 aliphatic carbocycles. The van der Waals surface area contributed by atoms with Crippen LogP contribution in [0, 0.1) is 19.8 Å². The Kier molecular flexibility index (Phi) is 4.77. The van der Waals surface area contributed by atoms with E-state index in [1.54, 1.807) is 18.3 Å². The lowest BCUT2D eigenvalue weighted by Gasteiger charge is -2.17. The van der Waals surface area contributed by atoms with Gasteiger partial charge in [-0.15, -0.1) is 0 Å². The maximum Gasteiger partial charge on any atom is 0.213 e. The van der Waals surface area contributed by atoms with Crippen LogP contribution < -0.4 is 0 Å². The number of H-pyrrole nitrogens is 1. The highest BCUT2D eigenvalue weighted by molar-refractivity contribution is 5.65. The van der Waals surface area contributed by atoms with E-state index >= 15 is 0 Å². The molecular formula is C22H22FN5. The summed E-state index contributed by atoms with van der Waals surface area (Å²) in [7, 11) is 0. The van der Waals surface area contributed by atoms with Crippen LogP contribution >= 0.6 is 0 Å². The van der Waals surface area contributed by atoms with Gasteiger partial charge in [0.2, 0.25) is 5.95 Å². The van der Waals surface area contributed by atoms with Gasteiger partial charge in [-0.2, -0.15) is 4.39 Å². The first-order valence-corrected chi connectivity index (χ1v) is 9.36. The van der Waals surface area contributed by atoms with Gasteiger partial charge in [0.25, 0.3) is 0 Å². The molecule has 1 atom stereocenters. The Bertz CT molecular complexity index is 1110. The van der Waals surface area contributed by atoms with Crippen LogP contribution in [-0.4, -0.2) is 24.5 Å². The second-order valence-corrected chi connectivity index (χ2v) is 6.83. The fourth-order valence-corrected chi connectivity index (χ4v) is 3.57. The lowest BCUT2D eigenvalue weighted by atomic mass is 10.1. The van der Waals surface area contributed by atoms with Crippen LogP contribution in [0.15, 0.2) is 54.9 Å². The van der Waals surface area contributed by atoms with E-state index in [-0.39, 0.29) is 6.04 Å². The molecule has 0 aliphatic rings. The second kappa shape index (κ2) is 7.38. The minimum absolute atomic E-state index is 0.0564. The van der Waals surface area contributed by atoms with Gasteiger partial charge in [0.05, 0.1) is 17.4 Å². The topological polar surface area (TPSA) is 59.4 Å². The molecule has 0 saturated carbocycles. The lowest BCUT2D eigenvalue weighted by molar-refractivity contribution is 0.541. The van der Waals surface area contributed by atoms with Crippen molar-refractivity contribution >= 4 is 0 Å². The van der Waals surface area contributed by atoms with Crippen molar-refractivity contribution in [2.75, 3.05) is 0 Å². The molecule has 6 heteroatoms. The first kappa shape index (κ1) is 18.1. The molecule has 0 saturated heterocycles. The highest BCUT2D eigenvalue weighted by atomic mass is 19.1. The van der Waals surface area contributed by atoms with Crippen molar-refractivity contribution in [3.63, 3.8) is 0 Å². The van der Waals surface area contributed by atoms with Crippen LogP contribution in [0.4, 0.5) is 4.39 Å². The minimum Gasteiger partial charge on any atom is -0.340 e. The average molecular weight is 375 g/mol. The van der Waals surface area contributed by atoms with Gasteiger partial charge in [-0.3, -0.25) is 0 Å². The van der Waals surface area contributed by atoms with Crippen LogP contribution in [0.2, 0.25) is 0 Å². The Morgan fingerprint density at radius 3 is 2.64 bits per heavy atom. The molecule has 0 amide bonds. The summed E-state index contributed by atoms with van der Waals surface area (Å²) in [4.78, 5) is 16.7. The molecule has 0 bridgehead atoms. The predicted molar refractivity (Wildman–Crippen MR) is 107 cm³/mol. The number of halogens is 1. The number of benzene rings is 1. The van der Waals surface area contributed by atoms with E-state index in [1.807, 2.05) is 29.8 Å². The Morgan fingerprint density at radius 1 is 1.07 bits per heavy atom. The summed E-state index contributed by atoms with van der Waals surface area (Å²) in [5.41, 5.74) is 4.82. The number of aromatic amines is 1. The SMILES string of the molecule is CCC(c1nc(C)c(-c2ccccc2C)[nH]1)n1ccnc1-c1cccc(F)n1. The number of pyridine rings is 1. The van der Waals surface area contributed by atoms with E-state index in [0.29, 0.717) is 11.5 Å². The van der Waals surface area contributed by atoms with E-state index in [1.165, 1.54) is 11.6 Å². The normalized spacial score (nSPS) is 12.3. The molecule has 3 aromatic heterocycles. The third-order valence-electron chi connectivity index (χ3n) is 4.97. The molecule has 28 heavy (non-hydrogen) atoms. The highest BCUT2D eigenvalue weighted by Gasteiger charge is 2.22. The molecular weight excluding hydrogens is 353 g/mol. The molecule has 1 aromatic carbocycles. The van der Waals surface area contributed by atoms with Crippen LogP contribution in [0.25, 0.3) is 22.8 Å². The number of aromatic nitrogens is 5. The van der Waals surface area contributed by atoms with Crippen molar-refractivity contribution in [2.24, 2.45) is 0 Å². The fourth-order valence-electron chi connectivity index (χ4n) is 3.57. The number of hydrogen-bond donors (Lipinski definition) is 1. The van der Waals surface area contributed by atoms with Gasteiger partial charge in [-0.1, -0.05) is 37.3 Å². The first-order valence-electron chi connectivity index (χ1n) is 9.36. The highest BCUT2D eigenvalue weighted by Crippen LogP contribution is 2.30. The molecule has 142 valence electrons. The van der Waals surface area contributed by atoms with Crippen molar-refractivity contribution in [3.05, 3.63) is 77.9 Å². The Hall–Kier alpha value is -3.28. The zero-order chi connectivity index (χ0) is 19.7. The zero-order valence-electron chi connectivity index (χ0n) is 16.1. The van der Waals surface area contributed by atoms with Crippen molar-refractivity contribution in [1.82, 2.24) is 24.5 Å². The van der Waals surface area contributed by atoms with Crippen molar-refractivity contribution < 1.29 is 4.39 Å². The molecule has 5 nitrogen and oxygen atoms in total. The van der Waals surface area contributed by atoms with Gasteiger partial charge in [0.15, 0.2) is 5.82 Å². The third-order valence-corrected chi connectivity index (χ3v) is 4.97. The second-order valence-electron chi connectivity index (χ2n) is 6.83. The van der Waals surface area contributed by atoms with Gasteiger partial charge in [-0.25, -0.2) is 15.0 Å². The van der Waals surface area contributed by atoms with Crippen LogP contribution in [-0.2, 0) is 0 Å². The minimum atomic E-state index is -0.518. The number of rotatable bonds is 5. The molecule has 0 radical (unpaired) electrons. The van der Waals surface area contributed by atoms with E-state index < -0.39 is 5.95 Å². The van der Waals surface area contributed by atoms with Crippen molar-refractivity contribution in [3.8, 4) is 22.8 Å². The Labute approximate surface area is 163 Å². The number of nitrogens with one attached hydrogen (secondary N) is 1. The Morgan fingerprint density at radius 2 is 1.89 bits per heavy atom. The molecule has 1 N–H and O–H groups in total. The van der Waals surface area contributed by atoms with E-state index in [2.05, 4.69) is 40.9 Å². The average Bonchev–Trinajstić information content (AvgIpc) is 3.30. The molecule has 4 rings (SSSR count). The summed E-state index contributed by atoms with van der Waals surface area (Å²) in [6.45, 7) is 6.20. The summed E-state index contributed by atoms with van der Waals surface area (Å²) >= 11 is 0. The largest absolute Gasteiger partial charge is 0.340 e. The first-order chi connectivity index (χ1) is 13.6. The summed E-state index contributed by atoms with van der Waals surface area (Å²) in [5.74, 6) is 0.961. The molecule has 0 spiro atoms. The number of hydrogen-bond acceptors (Lipinski definition) is 3. The Balaban J connectivity index is 1.77. The predicted octanol–water partition coefficient (Wildman–Crippen LogP) is 5.09. The van der Waals surface area contributed by atoms with Crippen LogP contribution in [0.3, 0.4) is 0 Å². The van der Waals surface area contributed by atoms with Crippen LogP contribution in [0.5, 0.6) is 0 Å². The van der Waals surface area contributed by atoms with Gasteiger partial charge in [-0.05, 0) is 38.0 Å². The fraction of sp³-hybridized carbons (Fsp3) is 0.227. The molecule has 0 aliphatic heterocycles. The van der Waals surface area contributed by atoms with Crippen LogP contribution in [0.1, 0.15) is 36.5 Å². The summed E-state index contributed by atoms with van der Waals surface area (Å²) in [6, 6.07) is 12.9. The zero-order valence-corrected chi connectivity index (χ0v) is 16.1. The van der Waals surface area contributed by atoms with Crippen molar-refractivity contribution in [2.45, 2.75) is 33.2 Å². The van der Waals surface area contributed by atoms with Crippen molar-refractivity contribution in [1.29, 1.82) is 0 Å². The number of nitrogens with zero attached hydrogens (tertiary/aromatic N) is 4. The maximum atomic E-state index is 13.6. The number of imidazole rings is 2. The van der Waals surface area contributed by atoms with E-state index in [9.17, 15) is 4.39 Å². The summed E-state index contributed by atoms with van der Waals surface area (Å²) in [6.07, 6.45) is 4.41. The third kappa shape index (κ3) is 3.22. The van der Waals surface area contributed by atoms with E-state index in [0.717, 1.165) is 29.2 Å². The maximum absolute atomic E-state index is 13.6. The number of aryl methyl sites for hydroxylation is 2. The summed E-state index contributed by atoms with van der Waals surface area (Å²) < 4.78 is 15.6. The molecule has 1 unspecified atom stereocenters. The quantitative estimate of drug-likeness (QED) is 0.494. The standard InChI is InChI=1S/C22H22FN5/c1-4-18(28-13-12-24-22(28)17-10-7-11-19(23)26-17)21-25-15(3)20(27-21)16-9-6-5-8-14(16)2/h5-13,18H,4H2,1-3H3,(H,25,27). The smallest absolute Gasteiger partial charge is 0.213 e. The van der Waals surface area contributed by atoms with E-state index in [4.69, 9.17) is 4.98 Å². The van der Waals surface area contributed by atoms with Gasteiger partial charge in [0.1, 0.15) is 11.5 Å². The molecule has 3 heterocycles. The molecule has 0 fully saturated rings. The van der Waals surface area contributed by atoms with Gasteiger partial charge in [0, 0.05) is 18.0 Å². The monoisotopic (exact) mass is 375 g/mol. The van der Waals surface area contributed by atoms with Gasteiger partial charge < -0.3 is 9.55 Å². The molecule has 4 aromatic rings. The van der Waals surface area contributed by atoms with Gasteiger partial charge >= 0.3 is 0 Å². The summed E-state index contributed by atoms with van der Waals surface area (Å²) in [5, 5.41) is 0.